The molecule has 16 heavy (non-hydrogen) atoms. The largest absolute Gasteiger partial charge is 0.456 e. The molecule has 0 radical (unpaired) electrons. The van der Waals surface area contributed by atoms with Crippen molar-refractivity contribution < 1.29 is 9.53 Å². The number of ether oxygens (including phenoxy) is 1. The van der Waals surface area contributed by atoms with Crippen molar-refractivity contribution >= 4 is 16.9 Å². The zero-order valence-electron chi connectivity index (χ0n) is 8.91. The highest BCUT2D eigenvalue weighted by Crippen LogP contribution is 2.16. The van der Waals surface area contributed by atoms with Crippen LogP contribution in [0.2, 0.25) is 0 Å². The van der Waals surface area contributed by atoms with Crippen molar-refractivity contribution in [1.29, 1.82) is 0 Å². The molecule has 0 unspecified atom stereocenters. The molecule has 1 aromatic carbocycles. The molecule has 3 heteroatoms. The summed E-state index contributed by atoms with van der Waals surface area (Å²) in [5.74, 6) is 4.75. The number of aromatic amines is 1. The number of fused-ring (bicyclic) bond motifs is 1. The molecule has 0 aliphatic rings. The van der Waals surface area contributed by atoms with Gasteiger partial charge in [-0.05, 0) is 13.0 Å². The van der Waals surface area contributed by atoms with E-state index in [1.165, 1.54) is 0 Å². The smallest absolute Gasteiger partial charge is 0.384 e. The third-order valence-electron chi connectivity index (χ3n) is 2.16. The fourth-order valence-electron chi connectivity index (χ4n) is 1.46. The summed E-state index contributed by atoms with van der Waals surface area (Å²) < 4.78 is 4.73. The number of hydrogen-bond acceptors (Lipinski definition) is 2. The van der Waals surface area contributed by atoms with E-state index in [0.29, 0.717) is 6.61 Å². The van der Waals surface area contributed by atoms with Gasteiger partial charge in [0.2, 0.25) is 0 Å². The third kappa shape index (κ3) is 2.06. The van der Waals surface area contributed by atoms with Crippen LogP contribution in [0.3, 0.4) is 0 Å². The average Bonchev–Trinajstić information content (AvgIpc) is 2.70. The van der Waals surface area contributed by atoms with E-state index in [0.717, 1.165) is 16.5 Å². The number of esters is 1. The first-order valence-corrected chi connectivity index (χ1v) is 5.06. The minimum Gasteiger partial charge on any atom is -0.456 e. The van der Waals surface area contributed by atoms with Crippen LogP contribution < -0.4 is 0 Å². The molecule has 0 atom stereocenters. The van der Waals surface area contributed by atoms with Crippen LogP contribution in [-0.2, 0) is 9.53 Å². The summed E-state index contributed by atoms with van der Waals surface area (Å²) in [5, 5.41) is 1.01. The molecule has 0 fully saturated rings. The van der Waals surface area contributed by atoms with Crippen molar-refractivity contribution in [2.45, 2.75) is 6.92 Å². The van der Waals surface area contributed by atoms with E-state index in [4.69, 9.17) is 4.74 Å². The van der Waals surface area contributed by atoms with Gasteiger partial charge in [0, 0.05) is 23.0 Å². The molecular weight excluding hydrogens is 202 g/mol. The number of rotatable bonds is 1. The molecule has 0 spiro atoms. The molecule has 2 rings (SSSR count). The molecule has 0 saturated carbocycles. The first-order valence-electron chi connectivity index (χ1n) is 5.06. The topological polar surface area (TPSA) is 42.1 Å². The van der Waals surface area contributed by atoms with Gasteiger partial charge in [-0.25, -0.2) is 4.79 Å². The van der Waals surface area contributed by atoms with Crippen LogP contribution in [0.1, 0.15) is 12.5 Å². The zero-order chi connectivity index (χ0) is 11.4. The Bertz CT molecular complexity index is 572. The van der Waals surface area contributed by atoms with Gasteiger partial charge < -0.3 is 9.72 Å². The van der Waals surface area contributed by atoms with Crippen molar-refractivity contribution in [3.05, 3.63) is 36.0 Å². The predicted octanol–water partition coefficient (Wildman–Crippen LogP) is 2.08. The molecule has 1 heterocycles. The summed E-state index contributed by atoms with van der Waals surface area (Å²) >= 11 is 0. The number of carbonyl (C=O) groups excluding carboxylic acids is 1. The second kappa shape index (κ2) is 4.54. The monoisotopic (exact) mass is 213 g/mol. The zero-order valence-corrected chi connectivity index (χ0v) is 8.91. The summed E-state index contributed by atoms with van der Waals surface area (Å²) in [6.07, 6.45) is 1.79. The minimum atomic E-state index is -0.493. The highest BCUT2D eigenvalue weighted by Gasteiger charge is 1.99. The normalized spacial score (nSPS) is 9.56. The predicted molar refractivity (Wildman–Crippen MR) is 61.8 cm³/mol. The molecule has 0 bridgehead atoms. The summed E-state index contributed by atoms with van der Waals surface area (Å²) in [6, 6.07) is 7.80. The van der Waals surface area contributed by atoms with E-state index in [-0.39, 0.29) is 0 Å². The summed E-state index contributed by atoms with van der Waals surface area (Å²) in [6.45, 7) is 2.10. The van der Waals surface area contributed by atoms with E-state index >= 15 is 0 Å². The van der Waals surface area contributed by atoms with Gasteiger partial charge >= 0.3 is 5.97 Å². The quantitative estimate of drug-likeness (QED) is 0.582. The molecule has 0 aliphatic heterocycles. The number of nitrogens with one attached hydrogen (secondary N) is 1. The van der Waals surface area contributed by atoms with Crippen LogP contribution >= 0.6 is 0 Å². The summed E-state index contributed by atoms with van der Waals surface area (Å²) in [4.78, 5) is 14.2. The second-order valence-corrected chi connectivity index (χ2v) is 3.22. The van der Waals surface area contributed by atoms with Gasteiger partial charge in [0.25, 0.3) is 0 Å². The fraction of sp³-hybridized carbons (Fsp3) is 0.154. The van der Waals surface area contributed by atoms with Crippen LogP contribution in [0.4, 0.5) is 0 Å². The minimum absolute atomic E-state index is 0.349. The van der Waals surface area contributed by atoms with Gasteiger partial charge in [0.1, 0.15) is 0 Å². The molecule has 2 aromatic rings. The van der Waals surface area contributed by atoms with E-state index < -0.39 is 5.97 Å². The maximum absolute atomic E-state index is 11.1. The third-order valence-corrected chi connectivity index (χ3v) is 2.16. The van der Waals surface area contributed by atoms with Gasteiger partial charge in [-0.15, -0.1) is 0 Å². The number of benzene rings is 1. The lowest BCUT2D eigenvalue weighted by Crippen LogP contribution is -1.99. The summed E-state index contributed by atoms with van der Waals surface area (Å²) in [5.41, 5.74) is 1.82. The van der Waals surface area contributed by atoms with E-state index in [1.807, 2.05) is 24.3 Å². The van der Waals surface area contributed by atoms with E-state index in [1.54, 1.807) is 13.1 Å². The van der Waals surface area contributed by atoms with E-state index in [9.17, 15) is 4.79 Å². The number of hydrogen-bond donors (Lipinski definition) is 1. The number of aromatic nitrogens is 1. The van der Waals surface area contributed by atoms with Gasteiger partial charge in [0.05, 0.1) is 12.2 Å². The molecule has 3 nitrogen and oxygen atoms in total. The fourth-order valence-corrected chi connectivity index (χ4v) is 1.46. The molecule has 1 aromatic heterocycles. The van der Waals surface area contributed by atoms with Gasteiger partial charge in [0.15, 0.2) is 0 Å². The lowest BCUT2D eigenvalue weighted by molar-refractivity contribution is -0.136. The Balaban J connectivity index is 2.31. The average molecular weight is 213 g/mol. The Morgan fingerprint density at radius 1 is 1.44 bits per heavy atom. The van der Waals surface area contributed by atoms with Crippen molar-refractivity contribution in [2.75, 3.05) is 6.61 Å². The highest BCUT2D eigenvalue weighted by atomic mass is 16.5. The van der Waals surface area contributed by atoms with Crippen molar-refractivity contribution in [3.63, 3.8) is 0 Å². The van der Waals surface area contributed by atoms with Crippen LogP contribution in [0.5, 0.6) is 0 Å². The van der Waals surface area contributed by atoms with Crippen LogP contribution in [0, 0.1) is 11.8 Å². The standard InChI is InChI=1S/C13H11NO2/c1-2-16-13(15)8-7-10-9-14-12-6-4-3-5-11(10)12/h3-6,9,14H,2H2,1H3. The molecule has 0 amide bonds. The Labute approximate surface area is 93.4 Å². The van der Waals surface area contributed by atoms with Crippen LogP contribution in [-0.4, -0.2) is 17.6 Å². The number of carbonyl (C=O) groups is 1. The van der Waals surface area contributed by atoms with Gasteiger partial charge in [-0.1, -0.05) is 24.1 Å². The van der Waals surface area contributed by atoms with Crippen LogP contribution in [0.15, 0.2) is 30.5 Å². The van der Waals surface area contributed by atoms with Gasteiger partial charge in [-0.2, -0.15) is 0 Å². The van der Waals surface area contributed by atoms with Crippen molar-refractivity contribution in [3.8, 4) is 11.8 Å². The SMILES string of the molecule is CCOC(=O)C#Cc1c[nH]c2ccccc12. The summed E-state index contributed by atoms with van der Waals surface area (Å²) in [7, 11) is 0. The molecule has 0 saturated heterocycles. The highest BCUT2D eigenvalue weighted by molar-refractivity contribution is 5.92. The number of para-hydroxylation sites is 1. The molecule has 0 aliphatic carbocycles. The molecule has 80 valence electrons. The van der Waals surface area contributed by atoms with Gasteiger partial charge in [-0.3, -0.25) is 0 Å². The molecule has 1 N–H and O–H groups in total. The Morgan fingerprint density at radius 2 is 2.25 bits per heavy atom. The Hall–Kier alpha value is -2.21. The van der Waals surface area contributed by atoms with Crippen LogP contribution in [0.25, 0.3) is 10.9 Å². The first kappa shape index (κ1) is 10.3. The van der Waals surface area contributed by atoms with Crippen molar-refractivity contribution in [1.82, 2.24) is 4.98 Å². The lowest BCUT2D eigenvalue weighted by Gasteiger charge is -1.91. The Morgan fingerprint density at radius 3 is 3.06 bits per heavy atom. The molecular formula is C13H11NO2. The van der Waals surface area contributed by atoms with E-state index in [2.05, 4.69) is 16.8 Å². The lowest BCUT2D eigenvalue weighted by atomic mass is 10.2. The maximum atomic E-state index is 11.1. The maximum Gasteiger partial charge on any atom is 0.384 e. The second-order valence-electron chi connectivity index (χ2n) is 3.22. The number of H-pyrrole nitrogens is 1. The first-order chi connectivity index (χ1) is 7.81. The van der Waals surface area contributed by atoms with Crippen molar-refractivity contribution in [2.24, 2.45) is 0 Å². The Kier molecular flexibility index (Phi) is 2.93.